The van der Waals surface area contributed by atoms with E-state index in [1.807, 2.05) is 0 Å². The van der Waals surface area contributed by atoms with Crippen molar-refractivity contribution in [3.8, 4) is 0 Å². The van der Waals surface area contributed by atoms with Crippen LogP contribution in [0.5, 0.6) is 0 Å². The summed E-state index contributed by atoms with van der Waals surface area (Å²) in [5.41, 5.74) is 1.23. The molecule has 0 bridgehead atoms. The van der Waals surface area contributed by atoms with Crippen LogP contribution in [0.3, 0.4) is 0 Å². The zero-order valence-electron chi connectivity index (χ0n) is 9.21. The van der Waals surface area contributed by atoms with Gasteiger partial charge >= 0.3 is 0 Å². The van der Waals surface area contributed by atoms with Gasteiger partial charge in [-0.25, -0.2) is 4.39 Å². The lowest BCUT2D eigenvalue weighted by Gasteiger charge is -2.04. The molecule has 0 fully saturated rings. The van der Waals surface area contributed by atoms with E-state index in [4.69, 9.17) is 5.21 Å². The molecule has 17 heavy (non-hydrogen) atoms. The van der Waals surface area contributed by atoms with Crippen molar-refractivity contribution in [3.63, 3.8) is 0 Å². The van der Waals surface area contributed by atoms with Gasteiger partial charge < -0.3 is 5.21 Å². The Morgan fingerprint density at radius 2 is 2.12 bits per heavy atom. The average Bonchev–Trinajstić information content (AvgIpc) is 2.35. The maximum Gasteiger partial charge on any atom is 0.147 e. The summed E-state index contributed by atoms with van der Waals surface area (Å²) >= 11 is 1.11. The molecule has 0 saturated heterocycles. The summed E-state index contributed by atoms with van der Waals surface area (Å²) in [6, 6.07) is 6.61. The molecular formula is C12H12FNO2S. The Balaban J connectivity index is 2.83. The molecule has 0 spiro atoms. The van der Waals surface area contributed by atoms with Crippen molar-refractivity contribution < 1.29 is 14.4 Å². The molecule has 1 unspecified atom stereocenters. The summed E-state index contributed by atoms with van der Waals surface area (Å²) in [6.07, 6.45) is 0.908. The van der Waals surface area contributed by atoms with Crippen LogP contribution in [0.1, 0.15) is 24.2 Å². The number of allylic oxidation sites excluding steroid dienone is 1. The Labute approximate surface area is 103 Å². The number of benzene rings is 1. The molecule has 0 aliphatic carbocycles. The first-order chi connectivity index (χ1) is 8.19. The van der Waals surface area contributed by atoms with Crippen LogP contribution in [-0.4, -0.2) is 16.5 Å². The maximum absolute atomic E-state index is 13.0. The van der Waals surface area contributed by atoms with Crippen molar-refractivity contribution in [2.45, 2.75) is 13.1 Å². The highest BCUT2D eigenvalue weighted by Crippen LogP contribution is 2.20. The van der Waals surface area contributed by atoms with Crippen molar-refractivity contribution in [2.24, 2.45) is 5.16 Å². The highest BCUT2D eigenvalue weighted by atomic mass is 32.2. The second-order valence-corrected chi connectivity index (χ2v) is 4.12. The number of hydrogen-bond acceptors (Lipinski definition) is 4. The molecule has 3 nitrogen and oxygen atoms in total. The molecule has 90 valence electrons. The second-order valence-electron chi connectivity index (χ2n) is 3.23. The monoisotopic (exact) mass is 253 g/mol. The molecule has 0 radical (unpaired) electrons. The molecule has 0 amide bonds. The van der Waals surface area contributed by atoms with Gasteiger partial charge in [-0.15, -0.1) is 0 Å². The Morgan fingerprint density at radius 3 is 2.59 bits per heavy atom. The van der Waals surface area contributed by atoms with Gasteiger partial charge in [0.25, 0.3) is 0 Å². The highest BCUT2D eigenvalue weighted by molar-refractivity contribution is 8.16. The molecule has 0 aromatic heterocycles. The Morgan fingerprint density at radius 1 is 1.47 bits per heavy atom. The number of carbonyl (C=O) groups excluding carboxylic acids is 1. The van der Waals surface area contributed by atoms with Crippen LogP contribution in [0.2, 0.25) is 0 Å². The van der Waals surface area contributed by atoms with Gasteiger partial charge in [0.1, 0.15) is 17.5 Å². The number of alkyl halides is 1. The predicted octanol–water partition coefficient (Wildman–Crippen LogP) is 3.30. The third-order valence-electron chi connectivity index (χ3n) is 2.04. The third kappa shape index (κ3) is 4.03. The van der Waals surface area contributed by atoms with E-state index in [1.54, 1.807) is 24.3 Å². The average molecular weight is 253 g/mol. The van der Waals surface area contributed by atoms with Crippen LogP contribution >= 0.6 is 11.8 Å². The molecule has 5 heteroatoms. The number of aldehydes is 1. The summed E-state index contributed by atoms with van der Waals surface area (Å²) < 4.78 is 13.0. The van der Waals surface area contributed by atoms with E-state index in [1.165, 1.54) is 18.4 Å². The van der Waals surface area contributed by atoms with E-state index in [9.17, 15) is 9.18 Å². The number of thioether (sulfide) groups is 1. The minimum Gasteiger partial charge on any atom is -0.410 e. The molecule has 0 saturated carbocycles. The minimum absolute atomic E-state index is 0.348. The molecule has 1 rings (SSSR count). The van der Waals surface area contributed by atoms with Crippen LogP contribution < -0.4 is 0 Å². The normalized spacial score (nSPS) is 13.9. The number of nitrogens with zero attached hydrogens (tertiary/aromatic N) is 1. The summed E-state index contributed by atoms with van der Waals surface area (Å²) in [4.78, 5) is 10.1. The minimum atomic E-state index is -1.03. The number of oxime groups is 1. The summed E-state index contributed by atoms with van der Waals surface area (Å²) in [6.45, 7) is 1.46. The standard InChI is InChI=1S/C12H12FNO2S/c1-9(13)10-3-5-11(6-4-10)12(14-16)17-8-2-7-15/h2-9,16H,1H3/b8-2+,14-12-. The van der Waals surface area contributed by atoms with E-state index < -0.39 is 6.17 Å². The molecule has 1 atom stereocenters. The number of hydrogen-bond donors (Lipinski definition) is 1. The summed E-state index contributed by atoms with van der Waals surface area (Å²) in [5, 5.41) is 13.8. The first-order valence-electron chi connectivity index (χ1n) is 4.92. The lowest BCUT2D eigenvalue weighted by Crippen LogP contribution is -1.95. The molecule has 0 aliphatic heterocycles. The molecule has 1 N–H and O–H groups in total. The van der Waals surface area contributed by atoms with Crippen molar-refractivity contribution in [3.05, 3.63) is 46.9 Å². The van der Waals surface area contributed by atoms with Crippen molar-refractivity contribution >= 4 is 23.1 Å². The summed E-state index contributed by atoms with van der Waals surface area (Å²) in [7, 11) is 0. The van der Waals surface area contributed by atoms with Crippen molar-refractivity contribution in [1.29, 1.82) is 0 Å². The van der Waals surface area contributed by atoms with Gasteiger partial charge in [-0.1, -0.05) is 41.2 Å². The highest BCUT2D eigenvalue weighted by Gasteiger charge is 2.06. The van der Waals surface area contributed by atoms with E-state index >= 15 is 0 Å². The number of carbonyl (C=O) groups is 1. The van der Waals surface area contributed by atoms with E-state index in [-0.39, 0.29) is 0 Å². The summed E-state index contributed by atoms with van der Waals surface area (Å²) in [5.74, 6) is 0. The molecule has 1 aromatic rings. The smallest absolute Gasteiger partial charge is 0.147 e. The Hall–Kier alpha value is -1.62. The SMILES string of the molecule is CC(F)c1ccc(/C(=N/O)S/C=C/C=O)cc1. The number of halogens is 1. The van der Waals surface area contributed by atoms with E-state index in [0.29, 0.717) is 22.5 Å². The zero-order valence-corrected chi connectivity index (χ0v) is 10.0. The predicted molar refractivity (Wildman–Crippen MR) is 67.1 cm³/mol. The molecule has 0 heterocycles. The first-order valence-corrected chi connectivity index (χ1v) is 5.80. The zero-order chi connectivity index (χ0) is 12.7. The van der Waals surface area contributed by atoms with Crippen molar-refractivity contribution in [2.75, 3.05) is 0 Å². The molecule has 1 aromatic carbocycles. The first kappa shape index (κ1) is 13.4. The van der Waals surface area contributed by atoms with E-state index in [0.717, 1.165) is 11.8 Å². The van der Waals surface area contributed by atoms with E-state index in [2.05, 4.69) is 5.16 Å². The van der Waals surface area contributed by atoms with Gasteiger partial charge in [0.15, 0.2) is 0 Å². The fourth-order valence-corrected chi connectivity index (χ4v) is 1.77. The fraction of sp³-hybridized carbons (Fsp3) is 0.167. The second kappa shape index (κ2) is 6.85. The third-order valence-corrected chi connectivity index (χ3v) is 2.88. The van der Waals surface area contributed by atoms with Gasteiger partial charge in [0.05, 0.1) is 0 Å². The van der Waals surface area contributed by atoms with Crippen LogP contribution in [-0.2, 0) is 4.79 Å². The Kier molecular flexibility index (Phi) is 5.42. The molecular weight excluding hydrogens is 241 g/mol. The van der Waals surface area contributed by atoms with Crippen LogP contribution in [0, 0.1) is 0 Å². The van der Waals surface area contributed by atoms with Crippen LogP contribution in [0.4, 0.5) is 4.39 Å². The van der Waals surface area contributed by atoms with Gasteiger partial charge in [0, 0.05) is 5.56 Å². The lowest BCUT2D eigenvalue weighted by atomic mass is 10.1. The van der Waals surface area contributed by atoms with Gasteiger partial charge in [-0.2, -0.15) is 0 Å². The molecule has 0 aliphatic rings. The maximum atomic E-state index is 13.0. The quantitative estimate of drug-likeness (QED) is 0.224. The van der Waals surface area contributed by atoms with Crippen molar-refractivity contribution in [1.82, 2.24) is 0 Å². The fourth-order valence-electron chi connectivity index (χ4n) is 1.18. The Bertz CT molecular complexity index is 427. The number of rotatable bonds is 4. The van der Waals surface area contributed by atoms with Crippen LogP contribution in [0.15, 0.2) is 40.9 Å². The lowest BCUT2D eigenvalue weighted by molar-refractivity contribution is -0.104. The van der Waals surface area contributed by atoms with Crippen LogP contribution in [0.25, 0.3) is 0 Å². The van der Waals surface area contributed by atoms with Gasteiger partial charge in [-0.3, -0.25) is 4.79 Å². The topological polar surface area (TPSA) is 49.7 Å². The largest absolute Gasteiger partial charge is 0.410 e. The van der Waals surface area contributed by atoms with Gasteiger partial charge in [0.2, 0.25) is 0 Å². The van der Waals surface area contributed by atoms with Gasteiger partial charge in [-0.05, 0) is 24.0 Å².